The van der Waals surface area contributed by atoms with E-state index in [1.54, 1.807) is 11.9 Å². The highest BCUT2D eigenvalue weighted by Crippen LogP contribution is 2.24. The molecule has 2 heteroatoms. The van der Waals surface area contributed by atoms with Crippen LogP contribution in [0.15, 0.2) is 24.3 Å². The lowest BCUT2D eigenvalue weighted by molar-refractivity contribution is -0.107. The lowest BCUT2D eigenvalue weighted by Crippen LogP contribution is -2.15. The Balaban J connectivity index is 2.95. The first-order valence-corrected chi connectivity index (χ1v) is 4.74. The van der Waals surface area contributed by atoms with Gasteiger partial charge in [-0.15, -0.1) is 0 Å². The number of nitrogens with zero attached hydrogens (tertiary/aromatic N) is 1. The van der Waals surface area contributed by atoms with Gasteiger partial charge in [0.2, 0.25) is 6.41 Å². The van der Waals surface area contributed by atoms with Gasteiger partial charge in [0.05, 0.1) is 0 Å². The van der Waals surface area contributed by atoms with Gasteiger partial charge in [0.15, 0.2) is 0 Å². The molecule has 0 unspecified atom stereocenters. The zero-order chi connectivity index (χ0) is 10.8. The first kappa shape index (κ1) is 10.8. The van der Waals surface area contributed by atoms with Crippen LogP contribution >= 0.6 is 0 Å². The van der Waals surface area contributed by atoms with Crippen LogP contribution < -0.4 is 4.90 Å². The Hall–Kier alpha value is -1.31. The minimum absolute atomic E-state index is 0.165. The number of benzene rings is 1. The number of anilines is 1. The van der Waals surface area contributed by atoms with Crippen molar-refractivity contribution in [3.8, 4) is 0 Å². The zero-order valence-corrected chi connectivity index (χ0v) is 9.24. The average molecular weight is 191 g/mol. The van der Waals surface area contributed by atoms with Crippen LogP contribution in [0, 0.1) is 0 Å². The highest BCUT2D eigenvalue weighted by atomic mass is 16.1. The van der Waals surface area contributed by atoms with Gasteiger partial charge in [-0.1, -0.05) is 32.9 Å². The lowest BCUT2D eigenvalue weighted by Gasteiger charge is -2.20. The SMILES string of the molecule is CN(C=O)c1ccc(C(C)(C)C)cc1. The summed E-state index contributed by atoms with van der Waals surface area (Å²) in [7, 11) is 1.75. The molecule has 0 aliphatic heterocycles. The van der Waals surface area contributed by atoms with Crippen molar-refractivity contribution in [1.82, 2.24) is 0 Å². The third kappa shape index (κ3) is 2.34. The molecule has 2 nitrogen and oxygen atoms in total. The third-order valence-electron chi connectivity index (χ3n) is 2.30. The van der Waals surface area contributed by atoms with E-state index in [0.717, 1.165) is 12.1 Å². The van der Waals surface area contributed by atoms with Crippen LogP contribution in [0.1, 0.15) is 26.3 Å². The molecular formula is C12H17NO. The normalized spacial score (nSPS) is 11.1. The Labute approximate surface area is 85.5 Å². The summed E-state index contributed by atoms with van der Waals surface area (Å²) in [6.45, 7) is 6.52. The maximum Gasteiger partial charge on any atom is 0.213 e. The van der Waals surface area contributed by atoms with Crippen LogP contribution in [0.5, 0.6) is 0 Å². The molecule has 0 aliphatic rings. The first-order chi connectivity index (χ1) is 6.45. The van der Waals surface area contributed by atoms with Crippen LogP contribution in [0.3, 0.4) is 0 Å². The van der Waals surface area contributed by atoms with Gasteiger partial charge in [0.1, 0.15) is 0 Å². The summed E-state index contributed by atoms with van der Waals surface area (Å²) in [4.78, 5) is 12.1. The summed E-state index contributed by atoms with van der Waals surface area (Å²) in [5.41, 5.74) is 2.37. The fourth-order valence-corrected chi connectivity index (χ4v) is 1.26. The Morgan fingerprint density at radius 2 is 1.64 bits per heavy atom. The fraction of sp³-hybridized carbons (Fsp3) is 0.417. The van der Waals surface area contributed by atoms with Crippen LogP contribution in [0.25, 0.3) is 0 Å². The van der Waals surface area contributed by atoms with Crippen LogP contribution in [-0.2, 0) is 10.2 Å². The molecule has 0 atom stereocenters. The Morgan fingerprint density at radius 3 is 2.00 bits per heavy atom. The van der Waals surface area contributed by atoms with Crippen molar-refractivity contribution in [2.24, 2.45) is 0 Å². The summed E-state index contributed by atoms with van der Waals surface area (Å²) < 4.78 is 0. The second-order valence-corrected chi connectivity index (χ2v) is 4.51. The van der Waals surface area contributed by atoms with E-state index < -0.39 is 0 Å². The number of hydrogen-bond acceptors (Lipinski definition) is 1. The van der Waals surface area contributed by atoms with E-state index in [9.17, 15) is 4.79 Å². The highest BCUT2D eigenvalue weighted by molar-refractivity contribution is 5.74. The van der Waals surface area contributed by atoms with E-state index in [2.05, 4.69) is 32.9 Å². The maximum atomic E-state index is 10.5. The highest BCUT2D eigenvalue weighted by Gasteiger charge is 2.13. The Bertz CT molecular complexity index is 308. The number of amides is 1. The largest absolute Gasteiger partial charge is 0.318 e. The molecule has 1 amide bonds. The summed E-state index contributed by atoms with van der Waals surface area (Å²) >= 11 is 0. The van der Waals surface area contributed by atoms with Crippen LogP contribution in [-0.4, -0.2) is 13.5 Å². The molecule has 0 saturated heterocycles. The van der Waals surface area contributed by atoms with E-state index in [-0.39, 0.29) is 5.41 Å². The van der Waals surface area contributed by atoms with Crippen molar-refractivity contribution < 1.29 is 4.79 Å². The van der Waals surface area contributed by atoms with Crippen molar-refractivity contribution in [1.29, 1.82) is 0 Å². The van der Waals surface area contributed by atoms with Gasteiger partial charge < -0.3 is 4.90 Å². The van der Waals surface area contributed by atoms with Crippen molar-refractivity contribution >= 4 is 12.1 Å². The number of carbonyl (C=O) groups is 1. The van der Waals surface area contributed by atoms with Crippen molar-refractivity contribution in [2.45, 2.75) is 26.2 Å². The van der Waals surface area contributed by atoms with Crippen molar-refractivity contribution in [3.63, 3.8) is 0 Å². The molecule has 1 aromatic carbocycles. The van der Waals surface area contributed by atoms with E-state index in [0.29, 0.717) is 0 Å². The fourth-order valence-electron chi connectivity index (χ4n) is 1.26. The minimum Gasteiger partial charge on any atom is -0.318 e. The van der Waals surface area contributed by atoms with Gasteiger partial charge in [0, 0.05) is 12.7 Å². The molecule has 0 saturated carbocycles. The summed E-state index contributed by atoms with van der Waals surface area (Å²) in [5, 5.41) is 0. The molecule has 0 aromatic heterocycles. The molecule has 0 heterocycles. The molecule has 0 fully saturated rings. The number of rotatable bonds is 2. The lowest BCUT2D eigenvalue weighted by atomic mass is 9.87. The predicted molar refractivity (Wildman–Crippen MR) is 59.6 cm³/mol. The molecule has 0 spiro atoms. The van der Waals surface area contributed by atoms with Crippen LogP contribution in [0.4, 0.5) is 5.69 Å². The van der Waals surface area contributed by atoms with Gasteiger partial charge in [-0.2, -0.15) is 0 Å². The Morgan fingerprint density at radius 1 is 1.14 bits per heavy atom. The first-order valence-electron chi connectivity index (χ1n) is 4.74. The minimum atomic E-state index is 0.165. The molecular weight excluding hydrogens is 174 g/mol. The van der Waals surface area contributed by atoms with E-state index >= 15 is 0 Å². The Kier molecular flexibility index (Phi) is 2.94. The van der Waals surface area contributed by atoms with Crippen molar-refractivity contribution in [2.75, 3.05) is 11.9 Å². The monoisotopic (exact) mass is 191 g/mol. The van der Waals surface area contributed by atoms with E-state index in [1.807, 2.05) is 12.1 Å². The van der Waals surface area contributed by atoms with Gasteiger partial charge in [-0.05, 0) is 23.1 Å². The van der Waals surface area contributed by atoms with Crippen molar-refractivity contribution in [3.05, 3.63) is 29.8 Å². The molecule has 14 heavy (non-hydrogen) atoms. The van der Waals surface area contributed by atoms with Crippen LogP contribution in [0.2, 0.25) is 0 Å². The summed E-state index contributed by atoms with van der Waals surface area (Å²) in [6, 6.07) is 8.06. The van der Waals surface area contributed by atoms with E-state index in [1.165, 1.54) is 5.56 Å². The maximum absolute atomic E-state index is 10.5. The number of carbonyl (C=O) groups excluding carboxylic acids is 1. The molecule has 0 radical (unpaired) electrons. The molecule has 76 valence electrons. The smallest absolute Gasteiger partial charge is 0.213 e. The molecule has 1 aromatic rings. The quantitative estimate of drug-likeness (QED) is 0.658. The second-order valence-electron chi connectivity index (χ2n) is 4.51. The summed E-state index contributed by atoms with van der Waals surface area (Å²) in [6.07, 6.45) is 0.812. The van der Waals surface area contributed by atoms with Gasteiger partial charge in [-0.3, -0.25) is 4.79 Å². The van der Waals surface area contributed by atoms with Gasteiger partial charge in [-0.25, -0.2) is 0 Å². The average Bonchev–Trinajstić information content (AvgIpc) is 2.15. The molecule has 0 aliphatic carbocycles. The van der Waals surface area contributed by atoms with Gasteiger partial charge >= 0.3 is 0 Å². The number of hydrogen-bond donors (Lipinski definition) is 0. The molecule has 1 rings (SSSR count). The zero-order valence-electron chi connectivity index (χ0n) is 9.24. The second kappa shape index (κ2) is 3.82. The molecule has 0 N–H and O–H groups in total. The molecule has 0 bridgehead atoms. The van der Waals surface area contributed by atoms with E-state index in [4.69, 9.17) is 0 Å². The predicted octanol–water partition coefficient (Wildman–Crippen LogP) is 2.58. The topological polar surface area (TPSA) is 20.3 Å². The van der Waals surface area contributed by atoms with Gasteiger partial charge in [0.25, 0.3) is 0 Å². The third-order valence-corrected chi connectivity index (χ3v) is 2.30. The summed E-state index contributed by atoms with van der Waals surface area (Å²) in [5.74, 6) is 0. The standard InChI is InChI=1S/C12H17NO/c1-12(2,3)10-5-7-11(8-6-10)13(4)9-14/h5-9H,1-4H3.